The van der Waals surface area contributed by atoms with Crippen LogP contribution < -0.4 is 9.80 Å². The third kappa shape index (κ3) is 6.28. The van der Waals surface area contributed by atoms with Crippen LogP contribution in [0.25, 0.3) is 87.0 Å². The molecule has 0 unspecified atom stereocenters. The zero-order chi connectivity index (χ0) is 45.6. The number of benzene rings is 11. The number of hydrogen-bond acceptors (Lipinski definition) is 4. The van der Waals surface area contributed by atoms with E-state index in [0.29, 0.717) is 11.8 Å². The zero-order valence-corrected chi connectivity index (χ0v) is 38.5. The fourth-order valence-corrected chi connectivity index (χ4v) is 10.7. The third-order valence-corrected chi connectivity index (χ3v) is 14.2. The van der Waals surface area contributed by atoms with Crippen molar-refractivity contribution in [2.24, 2.45) is 0 Å². The molecule has 0 N–H and O–H groups in total. The number of hydrogen-bond donors (Lipinski definition) is 0. The number of furan rings is 2. The second-order valence-corrected chi connectivity index (χ2v) is 18.8. The molecule has 13 aromatic rings. The van der Waals surface area contributed by atoms with Crippen LogP contribution in [0.15, 0.2) is 215 Å². The first kappa shape index (κ1) is 40.0. The van der Waals surface area contributed by atoms with Crippen molar-refractivity contribution in [3.63, 3.8) is 0 Å². The van der Waals surface area contributed by atoms with Crippen molar-refractivity contribution in [2.45, 2.75) is 39.5 Å². The minimum absolute atomic E-state index is 0.428. The Bertz CT molecular complexity index is 3830. The van der Waals surface area contributed by atoms with E-state index in [-0.39, 0.29) is 0 Å². The van der Waals surface area contributed by atoms with Gasteiger partial charge in [-0.1, -0.05) is 173 Å². The predicted octanol–water partition coefficient (Wildman–Crippen LogP) is 19.3. The summed E-state index contributed by atoms with van der Waals surface area (Å²) < 4.78 is 14.0. The van der Waals surface area contributed by atoms with Gasteiger partial charge in [0.15, 0.2) is 0 Å². The van der Waals surface area contributed by atoms with Crippen molar-refractivity contribution in [3.05, 3.63) is 217 Å². The molecule has 0 fully saturated rings. The summed E-state index contributed by atoms with van der Waals surface area (Å²) in [7, 11) is 0. The highest BCUT2D eigenvalue weighted by Crippen LogP contribution is 2.50. The second-order valence-electron chi connectivity index (χ2n) is 18.8. The van der Waals surface area contributed by atoms with Crippen LogP contribution in [0.1, 0.15) is 50.7 Å². The molecule has 0 amide bonds. The van der Waals surface area contributed by atoms with Gasteiger partial charge in [-0.3, -0.25) is 0 Å². The lowest BCUT2D eigenvalue weighted by atomic mass is 9.97. The fraction of sp³-hybridized carbons (Fsp3) is 0.0938. The van der Waals surface area contributed by atoms with Gasteiger partial charge in [0.25, 0.3) is 0 Å². The van der Waals surface area contributed by atoms with E-state index in [1.54, 1.807) is 0 Å². The van der Waals surface area contributed by atoms with Crippen molar-refractivity contribution in [1.29, 1.82) is 0 Å². The summed E-state index contributed by atoms with van der Waals surface area (Å²) in [6.45, 7) is 8.98. The zero-order valence-electron chi connectivity index (χ0n) is 38.5. The molecular formula is C64H48N2O2. The van der Waals surface area contributed by atoms with E-state index in [1.165, 1.54) is 32.7 Å². The SMILES string of the molecule is CC(C)c1ccc(N(c2cccc3ccccc23)c2cc3oc4cc5oc6cc(N(c7ccc(C(C)C)cc7)c7cccc8ccccc78)c7ccccc7c6c5cc4c3c3ccccc23)cc1. The maximum Gasteiger partial charge on any atom is 0.139 e. The summed E-state index contributed by atoms with van der Waals surface area (Å²) in [6.07, 6.45) is 0. The van der Waals surface area contributed by atoms with E-state index in [9.17, 15) is 0 Å². The molecule has 0 saturated heterocycles. The van der Waals surface area contributed by atoms with E-state index in [2.05, 4.69) is 244 Å². The lowest BCUT2D eigenvalue weighted by molar-refractivity contribution is 0.656. The Morgan fingerprint density at radius 2 is 0.662 bits per heavy atom. The Morgan fingerprint density at radius 1 is 0.294 bits per heavy atom. The van der Waals surface area contributed by atoms with Gasteiger partial charge in [-0.25, -0.2) is 0 Å². The Balaban J connectivity index is 1.04. The number of anilines is 6. The third-order valence-electron chi connectivity index (χ3n) is 14.2. The first-order valence-electron chi connectivity index (χ1n) is 23.8. The molecule has 13 rings (SSSR count). The number of nitrogens with zero attached hydrogens (tertiary/aromatic N) is 2. The van der Waals surface area contributed by atoms with Crippen molar-refractivity contribution in [2.75, 3.05) is 9.80 Å². The molecule has 4 heteroatoms. The maximum atomic E-state index is 7.00. The average Bonchev–Trinajstić information content (AvgIpc) is 3.93. The quantitative estimate of drug-likeness (QED) is 0.152. The van der Waals surface area contributed by atoms with Gasteiger partial charge in [-0.2, -0.15) is 0 Å². The fourth-order valence-electron chi connectivity index (χ4n) is 10.7. The monoisotopic (exact) mass is 876 g/mol. The van der Waals surface area contributed by atoms with Gasteiger partial charge in [0, 0.05) is 72.7 Å². The predicted molar refractivity (Wildman–Crippen MR) is 289 cm³/mol. The first-order chi connectivity index (χ1) is 33.4. The van der Waals surface area contributed by atoms with E-state index in [4.69, 9.17) is 8.83 Å². The minimum Gasteiger partial charge on any atom is -0.456 e. The summed E-state index contributed by atoms with van der Waals surface area (Å²) in [5.74, 6) is 0.857. The van der Waals surface area contributed by atoms with Gasteiger partial charge >= 0.3 is 0 Å². The molecule has 0 aliphatic rings. The Kier molecular flexibility index (Phi) is 9.20. The van der Waals surface area contributed by atoms with Crippen LogP contribution in [0.2, 0.25) is 0 Å². The lowest BCUT2D eigenvalue weighted by Crippen LogP contribution is -2.11. The average molecular weight is 877 g/mol. The van der Waals surface area contributed by atoms with Gasteiger partial charge in [-0.05, 0) is 87.0 Å². The van der Waals surface area contributed by atoms with Crippen LogP contribution in [0.5, 0.6) is 0 Å². The van der Waals surface area contributed by atoms with Gasteiger partial charge in [0.1, 0.15) is 22.3 Å². The number of rotatable bonds is 8. The topological polar surface area (TPSA) is 32.8 Å². The summed E-state index contributed by atoms with van der Waals surface area (Å²) in [5.41, 5.74) is 12.4. The Morgan fingerprint density at radius 3 is 1.07 bits per heavy atom. The van der Waals surface area contributed by atoms with Gasteiger partial charge in [0.05, 0.1) is 22.7 Å². The molecule has 4 nitrogen and oxygen atoms in total. The normalized spacial score (nSPS) is 12.1. The molecule has 0 spiro atoms. The van der Waals surface area contributed by atoms with Crippen LogP contribution in [-0.2, 0) is 0 Å². The first-order valence-corrected chi connectivity index (χ1v) is 23.8. The lowest BCUT2D eigenvalue weighted by Gasteiger charge is -2.28. The molecule has 0 aliphatic heterocycles. The molecule has 11 aromatic carbocycles. The largest absolute Gasteiger partial charge is 0.456 e. The highest BCUT2D eigenvalue weighted by Gasteiger charge is 2.25. The van der Waals surface area contributed by atoms with Gasteiger partial charge in [0.2, 0.25) is 0 Å². The Hall–Kier alpha value is -8.34. The summed E-state index contributed by atoms with van der Waals surface area (Å²) in [5, 5.41) is 13.6. The molecule has 2 heterocycles. The van der Waals surface area contributed by atoms with E-state index in [1.807, 2.05) is 0 Å². The van der Waals surface area contributed by atoms with Crippen molar-refractivity contribution < 1.29 is 8.83 Å². The standard InChI is InChI=1S/C64H48N2O2/c1-39(2)41-27-31-45(32-28-41)65(55-25-13-17-43-15-5-7-19-47(43)55)57-36-61-63(51-23-11-9-21-49(51)57)53-35-54-60(38-59(53)67-61)68-62-37-58(50-22-10-12-24-52(50)64(54)62)66(46-33-29-42(30-34-46)40(3)4)56-26-14-18-44-16-6-8-20-48(44)56/h5-40H,1-4H3. The molecule has 0 aliphatic carbocycles. The van der Waals surface area contributed by atoms with Crippen LogP contribution in [-0.4, -0.2) is 0 Å². The molecule has 0 saturated carbocycles. The molecule has 0 radical (unpaired) electrons. The van der Waals surface area contributed by atoms with Crippen LogP contribution in [0.4, 0.5) is 34.1 Å². The maximum absolute atomic E-state index is 7.00. The summed E-state index contributed by atoms with van der Waals surface area (Å²) in [6, 6.07) is 75.0. The van der Waals surface area contributed by atoms with Gasteiger partial charge < -0.3 is 18.6 Å². The Labute approximate surface area is 394 Å². The van der Waals surface area contributed by atoms with Crippen LogP contribution >= 0.6 is 0 Å². The molecular weight excluding hydrogens is 829 g/mol. The highest BCUT2D eigenvalue weighted by atomic mass is 16.3. The minimum atomic E-state index is 0.428. The van der Waals surface area contributed by atoms with E-state index >= 15 is 0 Å². The smallest absolute Gasteiger partial charge is 0.139 e. The summed E-state index contributed by atoms with van der Waals surface area (Å²) >= 11 is 0. The van der Waals surface area contributed by atoms with Crippen molar-refractivity contribution in [1.82, 2.24) is 0 Å². The van der Waals surface area contributed by atoms with Gasteiger partial charge in [-0.15, -0.1) is 0 Å². The van der Waals surface area contributed by atoms with Crippen LogP contribution in [0.3, 0.4) is 0 Å². The molecule has 68 heavy (non-hydrogen) atoms. The second kappa shape index (κ2) is 15.6. The van der Waals surface area contributed by atoms with E-state index < -0.39 is 0 Å². The molecule has 0 atom stereocenters. The van der Waals surface area contributed by atoms with Crippen molar-refractivity contribution >= 4 is 121 Å². The molecule has 2 aromatic heterocycles. The summed E-state index contributed by atoms with van der Waals surface area (Å²) in [4.78, 5) is 4.81. The van der Waals surface area contributed by atoms with Crippen LogP contribution in [0, 0.1) is 0 Å². The molecule has 326 valence electrons. The number of fused-ring (bicyclic) bond motifs is 12. The van der Waals surface area contributed by atoms with Crippen molar-refractivity contribution in [3.8, 4) is 0 Å². The highest BCUT2D eigenvalue weighted by molar-refractivity contribution is 6.28. The van der Waals surface area contributed by atoms with E-state index in [0.717, 1.165) is 99.5 Å². The molecule has 0 bridgehead atoms.